The van der Waals surface area contributed by atoms with Crippen LogP contribution >= 0.6 is 0 Å². The third-order valence-electron chi connectivity index (χ3n) is 3.61. The molecular formula is C14H22N2O2S. The van der Waals surface area contributed by atoms with Gasteiger partial charge in [0.2, 0.25) is 10.0 Å². The zero-order chi connectivity index (χ0) is 13.9. The van der Waals surface area contributed by atoms with Crippen molar-refractivity contribution >= 4 is 10.0 Å². The van der Waals surface area contributed by atoms with Crippen molar-refractivity contribution in [3.05, 3.63) is 35.9 Å². The Hall–Kier alpha value is -0.910. The molecule has 0 saturated heterocycles. The molecule has 0 aromatic heterocycles. The second kappa shape index (κ2) is 6.03. The second-order valence-corrected chi connectivity index (χ2v) is 7.19. The molecule has 1 aliphatic carbocycles. The zero-order valence-electron chi connectivity index (χ0n) is 11.2. The first-order valence-electron chi connectivity index (χ1n) is 6.77. The van der Waals surface area contributed by atoms with E-state index in [9.17, 15) is 8.42 Å². The lowest BCUT2D eigenvalue weighted by molar-refractivity contribution is 0.516. The Kier molecular flexibility index (Phi) is 4.60. The van der Waals surface area contributed by atoms with Gasteiger partial charge in [-0.3, -0.25) is 0 Å². The van der Waals surface area contributed by atoms with Crippen LogP contribution in [0.3, 0.4) is 0 Å². The monoisotopic (exact) mass is 282 g/mol. The molecule has 0 aliphatic heterocycles. The van der Waals surface area contributed by atoms with Crippen molar-refractivity contribution in [2.24, 2.45) is 11.7 Å². The minimum atomic E-state index is -3.28. The number of rotatable bonds is 7. The summed E-state index contributed by atoms with van der Waals surface area (Å²) in [6, 6.07) is 9.62. The Morgan fingerprint density at radius 3 is 2.47 bits per heavy atom. The van der Waals surface area contributed by atoms with Crippen molar-refractivity contribution in [3.8, 4) is 0 Å². The quantitative estimate of drug-likeness (QED) is 0.795. The van der Waals surface area contributed by atoms with Gasteiger partial charge >= 0.3 is 0 Å². The summed E-state index contributed by atoms with van der Waals surface area (Å²) in [6.07, 6.45) is 2.16. The van der Waals surface area contributed by atoms with Crippen molar-refractivity contribution in [1.82, 2.24) is 4.72 Å². The molecule has 1 saturated carbocycles. The molecular weight excluding hydrogens is 260 g/mol. The molecule has 4 nitrogen and oxygen atoms in total. The minimum Gasteiger partial charge on any atom is -0.329 e. The van der Waals surface area contributed by atoms with Crippen LogP contribution in [0.2, 0.25) is 0 Å². The molecule has 2 unspecified atom stereocenters. The number of nitrogens with two attached hydrogens (primary N) is 1. The third-order valence-corrected chi connectivity index (χ3v) is 5.21. The van der Waals surface area contributed by atoms with Gasteiger partial charge in [-0.15, -0.1) is 0 Å². The molecule has 3 N–H and O–H groups in total. The van der Waals surface area contributed by atoms with Crippen LogP contribution in [-0.2, 0) is 10.0 Å². The molecule has 0 heterocycles. The molecule has 19 heavy (non-hydrogen) atoms. The van der Waals surface area contributed by atoms with Gasteiger partial charge in [-0.2, -0.15) is 0 Å². The molecule has 1 aromatic rings. The van der Waals surface area contributed by atoms with Crippen LogP contribution in [0, 0.1) is 5.92 Å². The van der Waals surface area contributed by atoms with E-state index in [1.54, 1.807) is 0 Å². The average molecular weight is 282 g/mol. The van der Waals surface area contributed by atoms with Gasteiger partial charge in [0.15, 0.2) is 0 Å². The standard InChI is InChI=1S/C14H22N2O2S/c1-11(12-5-3-2-4-6-12)10-19(17,18)16-14(9-15)13-7-8-13/h2-6,11,13-14,16H,7-10,15H2,1H3. The molecule has 2 rings (SSSR count). The highest BCUT2D eigenvalue weighted by Gasteiger charge is 2.33. The van der Waals surface area contributed by atoms with Crippen LogP contribution in [0.15, 0.2) is 30.3 Å². The summed E-state index contributed by atoms with van der Waals surface area (Å²) >= 11 is 0. The van der Waals surface area contributed by atoms with E-state index >= 15 is 0 Å². The lowest BCUT2D eigenvalue weighted by atomic mass is 10.0. The summed E-state index contributed by atoms with van der Waals surface area (Å²) in [5.74, 6) is 0.531. The number of hydrogen-bond acceptors (Lipinski definition) is 3. The van der Waals surface area contributed by atoms with Gasteiger partial charge in [-0.25, -0.2) is 13.1 Å². The average Bonchev–Trinajstić information content (AvgIpc) is 3.21. The number of hydrogen-bond donors (Lipinski definition) is 2. The van der Waals surface area contributed by atoms with Crippen molar-refractivity contribution < 1.29 is 8.42 Å². The van der Waals surface area contributed by atoms with Crippen LogP contribution in [0.5, 0.6) is 0 Å². The van der Waals surface area contributed by atoms with E-state index in [4.69, 9.17) is 5.73 Å². The largest absolute Gasteiger partial charge is 0.329 e. The van der Waals surface area contributed by atoms with Gasteiger partial charge < -0.3 is 5.73 Å². The first kappa shape index (κ1) is 14.5. The van der Waals surface area contributed by atoms with E-state index in [0.29, 0.717) is 12.5 Å². The normalized spacial score (nSPS) is 19.1. The molecule has 0 bridgehead atoms. The molecule has 1 fully saturated rings. The predicted octanol–water partition coefficient (Wildman–Crippen LogP) is 1.45. The zero-order valence-corrected chi connectivity index (χ0v) is 12.1. The molecule has 1 aliphatic rings. The Morgan fingerprint density at radius 1 is 1.32 bits per heavy atom. The van der Waals surface area contributed by atoms with Gasteiger partial charge in [-0.1, -0.05) is 37.3 Å². The summed E-state index contributed by atoms with van der Waals surface area (Å²) in [5.41, 5.74) is 6.68. The molecule has 2 atom stereocenters. The highest BCUT2D eigenvalue weighted by Crippen LogP contribution is 2.32. The maximum absolute atomic E-state index is 12.1. The SMILES string of the molecule is CC(CS(=O)(=O)NC(CN)C1CC1)c1ccccc1. The van der Waals surface area contributed by atoms with E-state index in [1.807, 2.05) is 37.3 Å². The van der Waals surface area contributed by atoms with Crippen LogP contribution in [-0.4, -0.2) is 26.8 Å². The van der Waals surface area contributed by atoms with Crippen molar-refractivity contribution in [2.75, 3.05) is 12.3 Å². The highest BCUT2D eigenvalue weighted by molar-refractivity contribution is 7.89. The number of nitrogens with one attached hydrogen (secondary N) is 1. The summed E-state index contributed by atoms with van der Waals surface area (Å²) < 4.78 is 27.1. The van der Waals surface area contributed by atoms with Crippen molar-refractivity contribution in [3.63, 3.8) is 0 Å². The van der Waals surface area contributed by atoms with E-state index in [2.05, 4.69) is 4.72 Å². The predicted molar refractivity (Wildman–Crippen MR) is 77.3 cm³/mol. The van der Waals surface area contributed by atoms with E-state index in [0.717, 1.165) is 18.4 Å². The number of sulfonamides is 1. The maximum Gasteiger partial charge on any atom is 0.212 e. The van der Waals surface area contributed by atoms with Gasteiger partial charge in [-0.05, 0) is 30.2 Å². The highest BCUT2D eigenvalue weighted by atomic mass is 32.2. The molecule has 0 amide bonds. The van der Waals surface area contributed by atoms with E-state index < -0.39 is 10.0 Å². The topological polar surface area (TPSA) is 72.2 Å². The van der Waals surface area contributed by atoms with Crippen LogP contribution in [0.4, 0.5) is 0 Å². The first-order valence-corrected chi connectivity index (χ1v) is 8.42. The summed E-state index contributed by atoms with van der Waals surface area (Å²) in [7, 11) is -3.28. The van der Waals surface area contributed by atoms with Gasteiger partial charge in [0.05, 0.1) is 5.75 Å². The van der Waals surface area contributed by atoms with Crippen LogP contribution < -0.4 is 10.5 Å². The smallest absolute Gasteiger partial charge is 0.212 e. The Morgan fingerprint density at radius 2 is 1.95 bits per heavy atom. The fraction of sp³-hybridized carbons (Fsp3) is 0.571. The Bertz CT molecular complexity index is 497. The molecule has 0 spiro atoms. The van der Waals surface area contributed by atoms with Crippen molar-refractivity contribution in [1.29, 1.82) is 0 Å². The second-order valence-electron chi connectivity index (χ2n) is 5.39. The lowest BCUT2D eigenvalue weighted by Gasteiger charge is -2.18. The summed E-state index contributed by atoms with van der Waals surface area (Å²) in [5, 5.41) is 0. The van der Waals surface area contributed by atoms with E-state index in [1.165, 1.54) is 0 Å². The molecule has 0 radical (unpaired) electrons. The maximum atomic E-state index is 12.1. The molecule has 5 heteroatoms. The van der Waals surface area contributed by atoms with Crippen LogP contribution in [0.25, 0.3) is 0 Å². The molecule has 1 aromatic carbocycles. The van der Waals surface area contributed by atoms with Gasteiger partial charge in [0.1, 0.15) is 0 Å². The van der Waals surface area contributed by atoms with Crippen LogP contribution in [0.1, 0.15) is 31.2 Å². The Labute approximate surface area is 115 Å². The molecule has 106 valence electrons. The summed E-state index contributed by atoms with van der Waals surface area (Å²) in [4.78, 5) is 0. The van der Waals surface area contributed by atoms with E-state index in [-0.39, 0.29) is 17.7 Å². The lowest BCUT2D eigenvalue weighted by Crippen LogP contribution is -2.43. The van der Waals surface area contributed by atoms with Crippen molar-refractivity contribution in [2.45, 2.75) is 31.7 Å². The number of benzene rings is 1. The van der Waals surface area contributed by atoms with Gasteiger partial charge in [0, 0.05) is 12.6 Å². The fourth-order valence-corrected chi connectivity index (χ4v) is 4.02. The first-order chi connectivity index (χ1) is 9.02. The Balaban J connectivity index is 1.96. The fourth-order valence-electron chi connectivity index (χ4n) is 2.32. The van der Waals surface area contributed by atoms with Gasteiger partial charge in [0.25, 0.3) is 0 Å². The summed E-state index contributed by atoms with van der Waals surface area (Å²) in [6.45, 7) is 2.31. The minimum absolute atomic E-state index is 0.0173. The third kappa shape index (κ3) is 4.30.